The summed E-state index contributed by atoms with van der Waals surface area (Å²) in [5, 5.41) is 0. The number of hydrogen-bond donors (Lipinski definition) is 0. The number of carbonyl (C=O) groups is 2. The normalized spacial score (nSPS) is 11.1. The lowest BCUT2D eigenvalue weighted by atomic mass is 10.0. The lowest BCUT2D eigenvalue weighted by molar-refractivity contribution is 0.0725. The van der Waals surface area contributed by atoms with Crippen molar-refractivity contribution >= 4 is 35.5 Å². The first kappa shape index (κ1) is 71.6. The van der Waals surface area contributed by atoms with Gasteiger partial charge in [-0.05, 0) is 180 Å². The SMILES string of the molecule is CCCCCCCCCCSc1ccc(-c2ccc(C(=O)Oc3ccc(-c4ncc(CCCCCCCC)cn4)cc3)cc2)cc1.CCCCCCCCCSc1ccc(-c2ccc(C(=O)Oc3ccc(-c4ncc(CCCCCCCC)cn4)cc3)cc2)cc1. The Balaban J connectivity index is 0.000000259. The highest BCUT2D eigenvalue weighted by Crippen LogP contribution is 2.29. The first-order valence-corrected chi connectivity index (χ1v) is 36.7. The Morgan fingerprint density at radius 3 is 0.846 bits per heavy atom. The quantitative estimate of drug-likeness (QED) is 0.0159. The van der Waals surface area contributed by atoms with E-state index in [2.05, 4.69) is 96.2 Å². The molecule has 0 amide bonds. The number of carbonyl (C=O) groups excluding carboxylic acids is 2. The summed E-state index contributed by atoms with van der Waals surface area (Å²) < 4.78 is 11.3. The third-order valence-electron chi connectivity index (χ3n) is 16.6. The molecule has 0 atom stereocenters. The maximum Gasteiger partial charge on any atom is 0.343 e. The van der Waals surface area contributed by atoms with E-state index in [9.17, 15) is 9.59 Å². The molecule has 0 fully saturated rings. The third-order valence-corrected chi connectivity index (χ3v) is 18.8. The number of thioether (sulfide) groups is 2. The molecule has 0 aliphatic heterocycles. The van der Waals surface area contributed by atoms with E-state index in [4.69, 9.17) is 9.47 Å². The molecule has 0 bridgehead atoms. The van der Waals surface area contributed by atoms with Crippen LogP contribution in [0.3, 0.4) is 0 Å². The van der Waals surface area contributed by atoms with Gasteiger partial charge in [0.15, 0.2) is 11.6 Å². The Kier molecular flexibility index (Phi) is 33.8. The van der Waals surface area contributed by atoms with Gasteiger partial charge in [0.25, 0.3) is 0 Å². The van der Waals surface area contributed by atoms with Gasteiger partial charge in [-0.1, -0.05) is 224 Å². The number of unbranched alkanes of at least 4 members (excludes halogenated alkanes) is 23. The minimum atomic E-state index is -0.373. The van der Waals surface area contributed by atoms with Crippen LogP contribution in [-0.4, -0.2) is 43.4 Å². The molecule has 0 aliphatic rings. The predicted octanol–water partition coefficient (Wildman–Crippen LogP) is 23.9. The predicted molar refractivity (Wildman–Crippen MR) is 385 cm³/mol. The fourth-order valence-electron chi connectivity index (χ4n) is 10.9. The van der Waals surface area contributed by atoms with Crippen molar-refractivity contribution in [2.45, 2.75) is 224 Å². The summed E-state index contributed by atoms with van der Waals surface area (Å²) in [5.41, 5.74) is 9.64. The van der Waals surface area contributed by atoms with Gasteiger partial charge in [-0.25, -0.2) is 29.5 Å². The van der Waals surface area contributed by atoms with Crippen molar-refractivity contribution in [3.63, 3.8) is 0 Å². The van der Waals surface area contributed by atoms with Crippen LogP contribution in [-0.2, 0) is 12.8 Å². The summed E-state index contributed by atoms with van der Waals surface area (Å²) in [6, 6.07) is 47.4. The highest BCUT2D eigenvalue weighted by atomic mass is 32.2. The van der Waals surface area contributed by atoms with Crippen molar-refractivity contribution in [1.82, 2.24) is 19.9 Å². The Hall–Kier alpha value is -6.88. The fraction of sp³-hybridized carbons (Fsp3) is 0.432. The van der Waals surface area contributed by atoms with Crippen molar-refractivity contribution < 1.29 is 19.1 Å². The van der Waals surface area contributed by atoms with Gasteiger partial charge in [-0.3, -0.25) is 0 Å². The van der Waals surface area contributed by atoms with Gasteiger partial charge in [-0.15, -0.1) is 23.5 Å². The molecule has 0 radical (unpaired) electrons. The molecule has 0 unspecified atom stereocenters. The van der Waals surface area contributed by atoms with Crippen molar-refractivity contribution in [3.8, 4) is 56.5 Å². The minimum Gasteiger partial charge on any atom is -0.423 e. The summed E-state index contributed by atoms with van der Waals surface area (Å²) in [6.45, 7) is 9.03. The molecule has 91 heavy (non-hydrogen) atoms. The molecule has 0 saturated heterocycles. The summed E-state index contributed by atoms with van der Waals surface area (Å²) in [6.07, 6.45) is 45.4. The van der Waals surface area contributed by atoms with Crippen molar-refractivity contribution in [1.29, 1.82) is 0 Å². The topological polar surface area (TPSA) is 104 Å². The number of ether oxygens (including phenoxy) is 2. The second kappa shape index (κ2) is 43.0. The molecule has 0 N–H and O–H groups in total. The van der Waals surface area contributed by atoms with Gasteiger partial charge >= 0.3 is 11.9 Å². The second-order valence-corrected chi connectivity index (χ2v) is 26.5. The van der Waals surface area contributed by atoms with E-state index < -0.39 is 0 Å². The number of aryl methyl sites for hydroxylation is 2. The molecule has 482 valence electrons. The van der Waals surface area contributed by atoms with Crippen LogP contribution in [0.15, 0.2) is 180 Å². The average molecular weight is 1260 g/mol. The van der Waals surface area contributed by atoms with Gasteiger partial charge in [-0.2, -0.15) is 0 Å². The lowest BCUT2D eigenvalue weighted by Crippen LogP contribution is -2.08. The van der Waals surface area contributed by atoms with Crippen molar-refractivity contribution in [3.05, 3.63) is 193 Å². The zero-order chi connectivity index (χ0) is 63.8. The standard InChI is InChI=1S/C41H52N2O2S.C40H50N2O2S/c1-3-5-7-9-11-12-14-16-30-46-39-28-24-35(25-29-39)34-18-20-37(21-19-34)41(44)45-38-26-22-36(23-27-38)40-42-31-33(32-43-40)17-15-13-10-8-6-4-2;1-3-5-7-9-11-13-15-29-45-38-27-23-34(24-28-38)33-17-19-36(20-18-33)40(43)44-37-25-21-35(22-26-37)39-41-30-32(31-42-39)16-14-12-10-8-6-4-2/h18-29,31-32H,3-17,30H2,1-2H3;17-28,30-31H,3-16,29H2,1-2H3. The number of esters is 2. The van der Waals surface area contributed by atoms with E-state index in [-0.39, 0.29) is 11.9 Å². The zero-order valence-corrected chi connectivity index (χ0v) is 57.0. The van der Waals surface area contributed by atoms with E-state index in [0.717, 1.165) is 46.2 Å². The van der Waals surface area contributed by atoms with E-state index in [1.807, 2.05) is 121 Å². The maximum absolute atomic E-state index is 12.8. The Morgan fingerprint density at radius 1 is 0.297 bits per heavy atom. The third kappa shape index (κ3) is 27.1. The van der Waals surface area contributed by atoms with Crippen LogP contribution in [0.5, 0.6) is 11.5 Å². The summed E-state index contributed by atoms with van der Waals surface area (Å²) in [5.74, 6) is 3.95. The first-order valence-electron chi connectivity index (χ1n) is 34.8. The molecule has 10 heteroatoms. The van der Waals surface area contributed by atoms with Gasteiger partial charge in [0, 0.05) is 45.7 Å². The van der Waals surface area contributed by atoms with E-state index in [1.165, 1.54) is 206 Å². The monoisotopic (exact) mass is 1260 g/mol. The number of hydrogen-bond acceptors (Lipinski definition) is 10. The molecule has 0 saturated carbocycles. The van der Waals surface area contributed by atoms with Crippen LogP contribution in [0.4, 0.5) is 0 Å². The zero-order valence-electron chi connectivity index (χ0n) is 55.3. The molecule has 8 aromatic rings. The first-order chi connectivity index (χ1) is 44.8. The number of nitrogens with zero attached hydrogens (tertiary/aromatic N) is 4. The fourth-order valence-corrected chi connectivity index (χ4v) is 12.7. The van der Waals surface area contributed by atoms with Crippen LogP contribution < -0.4 is 9.47 Å². The lowest BCUT2D eigenvalue weighted by Gasteiger charge is -2.08. The molecule has 6 aromatic carbocycles. The molecular weight excluding hydrogens is 1160 g/mol. The largest absolute Gasteiger partial charge is 0.423 e. The Morgan fingerprint density at radius 2 is 0.549 bits per heavy atom. The van der Waals surface area contributed by atoms with Crippen molar-refractivity contribution in [2.24, 2.45) is 0 Å². The van der Waals surface area contributed by atoms with Gasteiger partial charge < -0.3 is 9.47 Å². The number of rotatable bonds is 41. The van der Waals surface area contributed by atoms with Gasteiger partial charge in [0.2, 0.25) is 0 Å². The molecule has 0 aliphatic carbocycles. The van der Waals surface area contributed by atoms with Crippen molar-refractivity contribution in [2.75, 3.05) is 11.5 Å². The summed E-state index contributed by atoms with van der Waals surface area (Å²) in [4.78, 5) is 46.5. The minimum absolute atomic E-state index is 0.373. The highest BCUT2D eigenvalue weighted by molar-refractivity contribution is 7.99. The van der Waals surface area contributed by atoms with Crippen LogP contribution in [0.1, 0.15) is 233 Å². The van der Waals surface area contributed by atoms with Crippen LogP contribution in [0.25, 0.3) is 45.0 Å². The van der Waals surface area contributed by atoms with Gasteiger partial charge in [0.1, 0.15) is 11.5 Å². The van der Waals surface area contributed by atoms with Crippen LogP contribution in [0.2, 0.25) is 0 Å². The van der Waals surface area contributed by atoms with Gasteiger partial charge in [0.05, 0.1) is 11.1 Å². The van der Waals surface area contributed by atoms with E-state index in [1.54, 1.807) is 24.3 Å². The second-order valence-electron chi connectivity index (χ2n) is 24.2. The Labute approximate surface area is 555 Å². The number of aromatic nitrogens is 4. The molecular formula is C81H102N4O4S2. The smallest absolute Gasteiger partial charge is 0.343 e. The Bertz CT molecular complexity index is 3230. The summed E-state index contributed by atoms with van der Waals surface area (Å²) in [7, 11) is 0. The molecule has 2 aromatic heterocycles. The molecule has 2 heterocycles. The van der Waals surface area contributed by atoms with Crippen LogP contribution >= 0.6 is 23.5 Å². The summed E-state index contributed by atoms with van der Waals surface area (Å²) >= 11 is 3.88. The van der Waals surface area contributed by atoms with E-state index in [0.29, 0.717) is 34.3 Å². The molecule has 0 spiro atoms. The maximum atomic E-state index is 12.8. The van der Waals surface area contributed by atoms with Crippen LogP contribution in [0, 0.1) is 0 Å². The molecule has 8 rings (SSSR count). The highest BCUT2D eigenvalue weighted by Gasteiger charge is 2.13. The average Bonchev–Trinajstić information content (AvgIpc) is 2.88. The number of benzene rings is 6. The van der Waals surface area contributed by atoms with E-state index >= 15 is 0 Å². The molecule has 8 nitrogen and oxygen atoms in total.